The van der Waals surface area contributed by atoms with Crippen molar-refractivity contribution in [3.8, 4) is 0 Å². The SMILES string of the molecule is Cc1cccc(CN/C=C(/Cn2c(=N)n(CC(O)c3ccc(Cl)c(Cl)c3)c3ccccc32)N=N)c1. The quantitative estimate of drug-likeness (QED) is 0.210. The zero-order chi connectivity index (χ0) is 24.9. The Morgan fingerprint density at radius 1 is 1.03 bits per heavy atom. The fraction of sp³-hybridized carbons (Fsp3) is 0.192. The lowest BCUT2D eigenvalue weighted by Gasteiger charge is -2.13. The van der Waals surface area contributed by atoms with Crippen LogP contribution in [0.4, 0.5) is 0 Å². The van der Waals surface area contributed by atoms with Gasteiger partial charge in [-0.15, -0.1) is 0 Å². The van der Waals surface area contributed by atoms with Crippen LogP contribution in [0.1, 0.15) is 22.8 Å². The van der Waals surface area contributed by atoms with Crippen molar-refractivity contribution in [1.29, 1.82) is 10.9 Å². The Bertz CT molecular complexity index is 1460. The summed E-state index contributed by atoms with van der Waals surface area (Å²) in [6.45, 7) is 3.05. The molecule has 0 amide bonds. The summed E-state index contributed by atoms with van der Waals surface area (Å²) in [5, 5.41) is 27.4. The number of halogens is 2. The summed E-state index contributed by atoms with van der Waals surface area (Å²) in [6, 6.07) is 20.8. The number of rotatable bonds is 9. The van der Waals surface area contributed by atoms with Crippen LogP contribution >= 0.6 is 23.2 Å². The highest BCUT2D eigenvalue weighted by Crippen LogP contribution is 2.27. The Balaban J connectivity index is 1.59. The van der Waals surface area contributed by atoms with E-state index in [1.54, 1.807) is 33.5 Å². The van der Waals surface area contributed by atoms with Crippen LogP contribution in [-0.4, -0.2) is 14.2 Å². The summed E-state index contributed by atoms with van der Waals surface area (Å²) >= 11 is 12.1. The molecule has 1 atom stereocenters. The van der Waals surface area contributed by atoms with Gasteiger partial charge in [-0.2, -0.15) is 5.11 Å². The van der Waals surface area contributed by atoms with Gasteiger partial charge in [-0.3, -0.25) is 5.41 Å². The molecule has 3 aromatic carbocycles. The van der Waals surface area contributed by atoms with Crippen LogP contribution < -0.4 is 10.9 Å². The predicted molar refractivity (Wildman–Crippen MR) is 138 cm³/mol. The first-order valence-electron chi connectivity index (χ1n) is 11.1. The summed E-state index contributed by atoms with van der Waals surface area (Å²) in [6.07, 6.45) is 0.823. The van der Waals surface area contributed by atoms with Crippen LogP contribution in [0.5, 0.6) is 0 Å². The molecule has 0 aliphatic carbocycles. The first-order chi connectivity index (χ1) is 16.9. The number of nitrogens with one attached hydrogen (secondary N) is 3. The smallest absolute Gasteiger partial charge is 0.203 e. The number of hydrogen-bond donors (Lipinski definition) is 4. The van der Waals surface area contributed by atoms with Crippen LogP contribution in [-0.2, 0) is 19.6 Å². The van der Waals surface area contributed by atoms with Crippen molar-refractivity contribution in [2.75, 3.05) is 0 Å². The molecule has 0 saturated heterocycles. The monoisotopic (exact) mass is 508 g/mol. The van der Waals surface area contributed by atoms with Gasteiger partial charge in [0.1, 0.15) is 0 Å². The Morgan fingerprint density at radius 2 is 1.77 bits per heavy atom. The maximum atomic E-state index is 10.9. The number of benzene rings is 3. The highest BCUT2D eigenvalue weighted by molar-refractivity contribution is 6.42. The number of fused-ring (bicyclic) bond motifs is 1. The Hall–Kier alpha value is -3.39. The minimum Gasteiger partial charge on any atom is -0.387 e. The third-order valence-corrected chi connectivity index (χ3v) is 6.52. The van der Waals surface area contributed by atoms with Crippen LogP contribution in [0.3, 0.4) is 0 Å². The minimum absolute atomic E-state index is 0.160. The van der Waals surface area contributed by atoms with Crippen LogP contribution in [0.2, 0.25) is 10.0 Å². The van der Waals surface area contributed by atoms with E-state index in [9.17, 15) is 5.11 Å². The van der Waals surface area contributed by atoms with Crippen molar-refractivity contribution in [2.24, 2.45) is 5.11 Å². The third kappa shape index (κ3) is 5.65. The molecule has 1 heterocycles. The fourth-order valence-electron chi connectivity index (χ4n) is 4.02. The van der Waals surface area contributed by atoms with E-state index in [1.165, 1.54) is 5.56 Å². The average Bonchev–Trinajstić information content (AvgIpc) is 3.11. The Kier molecular flexibility index (Phi) is 7.70. The maximum Gasteiger partial charge on any atom is 0.203 e. The van der Waals surface area contributed by atoms with Gasteiger partial charge in [0, 0.05) is 12.7 Å². The van der Waals surface area contributed by atoms with Gasteiger partial charge in [0.2, 0.25) is 5.62 Å². The highest BCUT2D eigenvalue weighted by atomic mass is 35.5. The Labute approximate surface area is 213 Å². The van der Waals surface area contributed by atoms with Crippen molar-refractivity contribution in [2.45, 2.75) is 32.7 Å². The number of para-hydroxylation sites is 2. The summed E-state index contributed by atoms with van der Waals surface area (Å²) in [5.74, 6) is 0. The topological polar surface area (TPSA) is 102 Å². The second-order valence-electron chi connectivity index (χ2n) is 8.32. The molecular formula is C26H26Cl2N6O. The van der Waals surface area contributed by atoms with E-state index in [2.05, 4.69) is 16.5 Å². The fourth-order valence-corrected chi connectivity index (χ4v) is 4.33. The van der Waals surface area contributed by atoms with Crippen molar-refractivity contribution >= 4 is 34.2 Å². The summed E-state index contributed by atoms with van der Waals surface area (Å²) in [7, 11) is 0. The summed E-state index contributed by atoms with van der Waals surface area (Å²) in [5.41, 5.74) is 12.9. The number of allylic oxidation sites excluding steroid dienone is 1. The molecule has 0 radical (unpaired) electrons. The van der Waals surface area contributed by atoms with Gasteiger partial charge in [0.25, 0.3) is 0 Å². The lowest BCUT2D eigenvalue weighted by atomic mass is 10.1. The van der Waals surface area contributed by atoms with Crippen LogP contribution in [0, 0.1) is 17.9 Å². The van der Waals surface area contributed by atoms with Crippen molar-refractivity contribution in [3.05, 3.63) is 111 Å². The molecular weight excluding hydrogens is 483 g/mol. The molecule has 0 saturated carbocycles. The molecule has 0 aliphatic rings. The van der Waals surface area contributed by atoms with Gasteiger partial charge in [-0.05, 0) is 42.3 Å². The number of imidazole rings is 1. The Morgan fingerprint density at radius 3 is 2.46 bits per heavy atom. The predicted octanol–water partition coefficient (Wildman–Crippen LogP) is 5.93. The summed E-state index contributed by atoms with van der Waals surface area (Å²) < 4.78 is 3.51. The third-order valence-electron chi connectivity index (χ3n) is 5.78. The maximum absolute atomic E-state index is 10.9. The lowest BCUT2D eigenvalue weighted by molar-refractivity contribution is 0.155. The second-order valence-corrected chi connectivity index (χ2v) is 9.13. The van der Waals surface area contributed by atoms with E-state index in [0.29, 0.717) is 27.9 Å². The zero-order valence-corrected chi connectivity index (χ0v) is 20.7. The zero-order valence-electron chi connectivity index (χ0n) is 19.2. The van der Waals surface area contributed by atoms with E-state index in [0.717, 1.165) is 16.6 Å². The average molecular weight is 509 g/mol. The normalized spacial score (nSPS) is 12.6. The van der Waals surface area contributed by atoms with Crippen LogP contribution in [0.15, 0.2) is 83.7 Å². The molecule has 1 unspecified atom stereocenters. The molecule has 0 bridgehead atoms. The number of aryl methyl sites for hydroxylation is 1. The van der Waals surface area contributed by atoms with Crippen LogP contribution in [0.25, 0.3) is 11.0 Å². The standard InChI is InChI=1S/C26H26Cl2N6O/c1-17-5-4-6-18(11-17)13-31-14-20(32-30)15-33-23-7-2-3-8-24(23)34(26(33)29)16-25(35)19-9-10-21(27)22(28)12-19/h2-12,14,25,29-31,35H,13,15-16H2,1H3/b20-14-,29-26?,32-30?. The van der Waals surface area contributed by atoms with Gasteiger partial charge >= 0.3 is 0 Å². The number of aromatic nitrogens is 2. The first-order valence-corrected chi connectivity index (χ1v) is 11.8. The van der Waals surface area contributed by atoms with Crippen molar-refractivity contribution in [3.63, 3.8) is 0 Å². The van der Waals surface area contributed by atoms with Crippen molar-refractivity contribution < 1.29 is 5.11 Å². The molecule has 0 spiro atoms. The molecule has 7 nitrogen and oxygen atoms in total. The lowest BCUT2D eigenvalue weighted by Crippen LogP contribution is -2.27. The van der Waals surface area contributed by atoms with E-state index in [1.807, 2.05) is 49.4 Å². The molecule has 0 aliphatic heterocycles. The molecule has 9 heteroatoms. The number of nitrogens with zero attached hydrogens (tertiary/aromatic N) is 3. The number of hydrogen-bond acceptors (Lipinski definition) is 5. The van der Waals surface area contributed by atoms with Gasteiger partial charge in [-0.1, -0.05) is 71.2 Å². The molecule has 4 rings (SSSR count). The molecule has 1 aromatic heterocycles. The van der Waals surface area contributed by atoms with E-state index >= 15 is 0 Å². The minimum atomic E-state index is -0.884. The molecule has 4 aromatic rings. The van der Waals surface area contributed by atoms with Gasteiger partial charge in [0.15, 0.2) is 0 Å². The van der Waals surface area contributed by atoms with Gasteiger partial charge < -0.3 is 19.6 Å². The largest absolute Gasteiger partial charge is 0.387 e. The van der Waals surface area contributed by atoms with E-state index in [-0.39, 0.29) is 18.7 Å². The van der Waals surface area contributed by atoms with Crippen molar-refractivity contribution in [1.82, 2.24) is 14.5 Å². The second kappa shape index (κ2) is 10.9. The summed E-state index contributed by atoms with van der Waals surface area (Å²) in [4.78, 5) is 0. The van der Waals surface area contributed by atoms with E-state index < -0.39 is 6.10 Å². The van der Waals surface area contributed by atoms with Gasteiger partial charge in [-0.25, -0.2) is 5.53 Å². The number of aliphatic hydroxyl groups excluding tert-OH is 1. The van der Waals surface area contributed by atoms with Gasteiger partial charge in [0.05, 0.1) is 46.0 Å². The molecule has 4 N–H and O–H groups in total. The molecule has 180 valence electrons. The molecule has 35 heavy (non-hydrogen) atoms. The first kappa shape index (κ1) is 24.7. The molecule has 0 fully saturated rings. The highest BCUT2D eigenvalue weighted by Gasteiger charge is 2.16. The van der Waals surface area contributed by atoms with E-state index in [4.69, 9.17) is 34.1 Å². The number of aliphatic hydroxyl groups is 1.